The number of nitrogens with one attached hydrogen (secondary N) is 3. The molecular formula is C15H21N5O3. The number of aromatic nitrogens is 2. The average Bonchev–Trinajstić information content (AvgIpc) is 2.56. The third kappa shape index (κ3) is 3.76. The molecule has 0 spiro atoms. The van der Waals surface area contributed by atoms with E-state index in [2.05, 4.69) is 21.3 Å². The van der Waals surface area contributed by atoms with Gasteiger partial charge in [-0.15, -0.1) is 0 Å². The van der Waals surface area contributed by atoms with Gasteiger partial charge in [-0.25, -0.2) is 10.1 Å². The molecule has 23 heavy (non-hydrogen) atoms. The van der Waals surface area contributed by atoms with Crippen molar-refractivity contribution in [3.05, 3.63) is 27.7 Å². The van der Waals surface area contributed by atoms with E-state index in [0.717, 1.165) is 36.9 Å². The summed E-state index contributed by atoms with van der Waals surface area (Å²) < 4.78 is 1.42. The van der Waals surface area contributed by atoms with E-state index in [1.807, 2.05) is 0 Å². The van der Waals surface area contributed by atoms with Crippen molar-refractivity contribution >= 4 is 11.8 Å². The topological polar surface area (TPSA) is 105 Å². The Morgan fingerprint density at radius 2 is 2.13 bits per heavy atom. The monoisotopic (exact) mass is 319 g/mol. The lowest BCUT2D eigenvalue weighted by molar-refractivity contribution is -0.128. The molecule has 3 N–H and O–H groups in total. The third-order valence-electron chi connectivity index (χ3n) is 4.26. The minimum absolute atomic E-state index is 0.112. The highest BCUT2D eigenvalue weighted by Gasteiger charge is 2.23. The molecule has 0 aromatic carbocycles. The van der Waals surface area contributed by atoms with Crippen molar-refractivity contribution in [2.45, 2.75) is 51.1 Å². The summed E-state index contributed by atoms with van der Waals surface area (Å²) in [5.74, 6) is -0.296. The first-order valence-corrected chi connectivity index (χ1v) is 8.05. The molecule has 1 fully saturated rings. The van der Waals surface area contributed by atoms with Crippen molar-refractivity contribution < 1.29 is 9.59 Å². The van der Waals surface area contributed by atoms with Crippen molar-refractivity contribution in [1.82, 2.24) is 25.9 Å². The number of amides is 2. The minimum Gasteiger partial charge on any atom is -0.353 e. The fourth-order valence-electron chi connectivity index (χ4n) is 2.94. The number of fused-ring (bicyclic) bond motifs is 1. The lowest BCUT2D eigenvalue weighted by atomic mass is 9.97. The fraction of sp³-hybridized carbons (Fsp3) is 0.600. The molecule has 2 amide bonds. The van der Waals surface area contributed by atoms with Gasteiger partial charge in [0.15, 0.2) is 0 Å². The van der Waals surface area contributed by atoms with Gasteiger partial charge in [0.05, 0.1) is 12.2 Å². The zero-order valence-electron chi connectivity index (χ0n) is 12.9. The van der Waals surface area contributed by atoms with Crippen LogP contribution in [0.2, 0.25) is 0 Å². The number of hydrazine groups is 1. The molecular weight excluding hydrogens is 298 g/mol. The smallest absolute Gasteiger partial charge is 0.267 e. The second-order valence-corrected chi connectivity index (χ2v) is 5.96. The number of aryl methyl sites for hydroxylation is 2. The van der Waals surface area contributed by atoms with Crippen molar-refractivity contribution in [3.8, 4) is 0 Å². The Balaban J connectivity index is 1.53. The first kappa shape index (κ1) is 15.7. The molecule has 124 valence electrons. The molecule has 2 aliphatic rings. The molecule has 3 rings (SSSR count). The van der Waals surface area contributed by atoms with Crippen molar-refractivity contribution in [2.75, 3.05) is 6.54 Å². The summed E-state index contributed by atoms with van der Waals surface area (Å²) in [7, 11) is 0. The van der Waals surface area contributed by atoms with E-state index in [4.69, 9.17) is 0 Å². The molecule has 8 heteroatoms. The number of hydrogen-bond acceptors (Lipinski definition) is 5. The Hall–Kier alpha value is -2.22. The highest BCUT2D eigenvalue weighted by atomic mass is 16.2. The lowest BCUT2D eigenvalue weighted by Crippen LogP contribution is -2.55. The van der Waals surface area contributed by atoms with Gasteiger partial charge in [0.25, 0.3) is 5.56 Å². The standard InChI is InChI=1S/C15H21N5O3/c21-13-6-5-12(17-18-13)15(23)16-7-8-20-14(22)9-10-3-1-2-4-11(10)19-20/h9,12,17H,1-8H2,(H,16,23)(H,18,21). The minimum atomic E-state index is -0.430. The molecule has 8 nitrogen and oxygen atoms in total. The zero-order chi connectivity index (χ0) is 16.2. The number of nitrogens with zero attached hydrogens (tertiary/aromatic N) is 2. The van der Waals surface area contributed by atoms with Crippen LogP contribution >= 0.6 is 0 Å². The summed E-state index contributed by atoms with van der Waals surface area (Å²) >= 11 is 0. The summed E-state index contributed by atoms with van der Waals surface area (Å²) in [5.41, 5.74) is 7.06. The van der Waals surface area contributed by atoms with E-state index < -0.39 is 6.04 Å². The molecule has 0 saturated carbocycles. The van der Waals surface area contributed by atoms with E-state index in [1.165, 1.54) is 4.68 Å². The average molecular weight is 319 g/mol. The molecule has 1 aliphatic carbocycles. The van der Waals surface area contributed by atoms with Gasteiger partial charge in [-0.05, 0) is 37.7 Å². The maximum Gasteiger partial charge on any atom is 0.267 e. The van der Waals surface area contributed by atoms with Crippen LogP contribution < -0.4 is 21.7 Å². The summed E-state index contributed by atoms with van der Waals surface area (Å²) in [6, 6.07) is 1.24. The Morgan fingerprint density at radius 3 is 2.91 bits per heavy atom. The third-order valence-corrected chi connectivity index (χ3v) is 4.26. The highest BCUT2D eigenvalue weighted by molar-refractivity contribution is 5.85. The first-order valence-electron chi connectivity index (χ1n) is 8.05. The van der Waals surface area contributed by atoms with E-state index in [-0.39, 0.29) is 17.4 Å². The van der Waals surface area contributed by atoms with Crippen LogP contribution in [0.25, 0.3) is 0 Å². The molecule has 1 atom stereocenters. The van der Waals surface area contributed by atoms with Gasteiger partial charge in [0.1, 0.15) is 6.04 Å². The summed E-state index contributed by atoms with van der Waals surface area (Å²) in [4.78, 5) is 35.0. The van der Waals surface area contributed by atoms with Gasteiger partial charge in [-0.2, -0.15) is 5.10 Å². The summed E-state index contributed by atoms with van der Waals surface area (Å²) in [6.45, 7) is 0.674. The maximum atomic E-state index is 12.0. The van der Waals surface area contributed by atoms with Crippen LogP contribution in [0.4, 0.5) is 0 Å². The van der Waals surface area contributed by atoms with Gasteiger partial charge < -0.3 is 5.32 Å². The molecule has 1 aromatic heterocycles. The van der Waals surface area contributed by atoms with Crippen molar-refractivity contribution in [3.63, 3.8) is 0 Å². The number of carbonyl (C=O) groups is 2. The quantitative estimate of drug-likeness (QED) is 0.662. The van der Waals surface area contributed by atoms with E-state index in [0.29, 0.717) is 25.9 Å². The van der Waals surface area contributed by atoms with Crippen LogP contribution in [-0.2, 0) is 29.0 Å². The van der Waals surface area contributed by atoms with E-state index >= 15 is 0 Å². The van der Waals surface area contributed by atoms with Crippen LogP contribution in [0.1, 0.15) is 36.9 Å². The van der Waals surface area contributed by atoms with Gasteiger partial charge in [0.2, 0.25) is 11.8 Å². The molecule has 1 saturated heterocycles. The molecule has 1 aliphatic heterocycles. The highest BCUT2D eigenvalue weighted by Crippen LogP contribution is 2.16. The normalized spacial score (nSPS) is 20.5. The van der Waals surface area contributed by atoms with Crippen LogP contribution in [0.15, 0.2) is 10.9 Å². The Morgan fingerprint density at radius 1 is 1.30 bits per heavy atom. The van der Waals surface area contributed by atoms with Crippen LogP contribution in [-0.4, -0.2) is 34.2 Å². The molecule has 0 radical (unpaired) electrons. The van der Waals surface area contributed by atoms with E-state index in [9.17, 15) is 14.4 Å². The maximum absolute atomic E-state index is 12.0. The SMILES string of the molecule is O=C1CCC(C(=O)NCCn2nc3c(cc2=O)CCCC3)NN1. The van der Waals surface area contributed by atoms with Crippen molar-refractivity contribution in [2.24, 2.45) is 0 Å². The van der Waals surface area contributed by atoms with Crippen molar-refractivity contribution in [1.29, 1.82) is 0 Å². The Labute approximate surface area is 133 Å². The van der Waals surface area contributed by atoms with Gasteiger partial charge in [-0.1, -0.05) is 0 Å². The Bertz CT molecular complexity index is 660. The zero-order valence-corrected chi connectivity index (χ0v) is 12.9. The molecule has 1 unspecified atom stereocenters. The summed E-state index contributed by atoms with van der Waals surface area (Å²) in [6.07, 6.45) is 4.85. The predicted molar refractivity (Wildman–Crippen MR) is 82.4 cm³/mol. The number of carbonyl (C=O) groups excluding carboxylic acids is 2. The van der Waals surface area contributed by atoms with Gasteiger partial charge in [0, 0.05) is 19.0 Å². The summed E-state index contributed by atoms with van der Waals surface area (Å²) in [5, 5.41) is 7.18. The fourth-order valence-corrected chi connectivity index (χ4v) is 2.94. The Kier molecular flexibility index (Phi) is 4.71. The van der Waals surface area contributed by atoms with Crippen LogP contribution in [0.3, 0.4) is 0 Å². The number of rotatable bonds is 4. The first-order chi connectivity index (χ1) is 11.1. The van der Waals surface area contributed by atoms with Crippen LogP contribution in [0.5, 0.6) is 0 Å². The largest absolute Gasteiger partial charge is 0.353 e. The predicted octanol–water partition coefficient (Wildman–Crippen LogP) is -0.978. The molecule has 2 heterocycles. The number of hydrogen-bond donors (Lipinski definition) is 3. The van der Waals surface area contributed by atoms with Crippen LogP contribution in [0, 0.1) is 0 Å². The second-order valence-electron chi connectivity index (χ2n) is 5.96. The lowest BCUT2D eigenvalue weighted by Gasteiger charge is -2.23. The molecule has 0 bridgehead atoms. The van der Waals surface area contributed by atoms with Gasteiger partial charge in [-0.3, -0.25) is 19.8 Å². The second kappa shape index (κ2) is 6.91. The van der Waals surface area contributed by atoms with E-state index in [1.54, 1.807) is 6.07 Å². The van der Waals surface area contributed by atoms with Gasteiger partial charge >= 0.3 is 0 Å². The molecule has 1 aromatic rings.